The third-order valence-electron chi connectivity index (χ3n) is 2.87. The van der Waals surface area contributed by atoms with Gasteiger partial charge in [0.1, 0.15) is 0 Å². The first-order valence-corrected chi connectivity index (χ1v) is 7.88. The van der Waals surface area contributed by atoms with Gasteiger partial charge < -0.3 is 11.1 Å². The fourth-order valence-corrected chi connectivity index (χ4v) is 3.70. The molecule has 17 heavy (non-hydrogen) atoms. The van der Waals surface area contributed by atoms with Crippen molar-refractivity contribution in [2.24, 2.45) is 11.7 Å². The van der Waals surface area contributed by atoms with Gasteiger partial charge in [-0.1, -0.05) is 13.8 Å². The number of nitrogens with two attached hydrogens (primary N) is 1. The number of sulfone groups is 1. The van der Waals surface area contributed by atoms with Crippen LogP contribution < -0.4 is 11.1 Å². The SMILES string of the molecule is CC(C)C[C@@H](N)C(=O)NC1CCCS(=O)(=O)C1. The van der Waals surface area contributed by atoms with Gasteiger partial charge in [0.25, 0.3) is 0 Å². The third kappa shape index (κ3) is 5.04. The molecular weight excluding hydrogens is 240 g/mol. The topological polar surface area (TPSA) is 89.3 Å². The molecule has 1 saturated heterocycles. The van der Waals surface area contributed by atoms with Crippen LogP contribution in [0.5, 0.6) is 0 Å². The van der Waals surface area contributed by atoms with Gasteiger partial charge in [-0.3, -0.25) is 4.79 Å². The first kappa shape index (κ1) is 14.4. The molecule has 1 aliphatic heterocycles. The van der Waals surface area contributed by atoms with Crippen LogP contribution in [0.25, 0.3) is 0 Å². The van der Waals surface area contributed by atoms with E-state index < -0.39 is 15.9 Å². The summed E-state index contributed by atoms with van der Waals surface area (Å²) in [5.41, 5.74) is 5.74. The van der Waals surface area contributed by atoms with Crippen molar-refractivity contribution in [2.75, 3.05) is 11.5 Å². The fraction of sp³-hybridized carbons (Fsp3) is 0.909. The summed E-state index contributed by atoms with van der Waals surface area (Å²) in [6.45, 7) is 4.00. The highest BCUT2D eigenvalue weighted by molar-refractivity contribution is 7.91. The molecule has 1 heterocycles. The zero-order valence-electron chi connectivity index (χ0n) is 10.5. The van der Waals surface area contributed by atoms with Crippen LogP contribution in [0.15, 0.2) is 0 Å². The normalized spacial score (nSPS) is 25.5. The highest BCUT2D eigenvalue weighted by Gasteiger charge is 2.27. The molecule has 0 aromatic heterocycles. The van der Waals surface area contributed by atoms with Crippen molar-refractivity contribution >= 4 is 15.7 Å². The van der Waals surface area contributed by atoms with E-state index in [0.29, 0.717) is 18.8 Å². The Morgan fingerprint density at radius 2 is 2.12 bits per heavy atom. The summed E-state index contributed by atoms with van der Waals surface area (Å²) in [5, 5.41) is 2.74. The zero-order valence-corrected chi connectivity index (χ0v) is 11.3. The summed E-state index contributed by atoms with van der Waals surface area (Å²) in [6.07, 6.45) is 1.96. The summed E-state index contributed by atoms with van der Waals surface area (Å²) in [7, 11) is -2.98. The maximum Gasteiger partial charge on any atom is 0.237 e. The lowest BCUT2D eigenvalue weighted by Gasteiger charge is -2.24. The minimum atomic E-state index is -2.98. The quantitative estimate of drug-likeness (QED) is 0.749. The molecule has 100 valence electrons. The smallest absolute Gasteiger partial charge is 0.237 e. The predicted molar refractivity (Wildman–Crippen MR) is 67.2 cm³/mol. The number of hydrogen-bond acceptors (Lipinski definition) is 4. The molecule has 0 saturated carbocycles. The Bertz CT molecular complexity index is 365. The molecule has 0 aromatic rings. The second-order valence-corrected chi connectivity index (χ2v) is 7.43. The largest absolute Gasteiger partial charge is 0.351 e. The van der Waals surface area contributed by atoms with Crippen LogP contribution in [0.1, 0.15) is 33.1 Å². The third-order valence-corrected chi connectivity index (χ3v) is 4.69. The number of hydrogen-bond donors (Lipinski definition) is 2. The minimum absolute atomic E-state index is 0.0487. The summed E-state index contributed by atoms with van der Waals surface area (Å²) >= 11 is 0. The Morgan fingerprint density at radius 3 is 2.65 bits per heavy atom. The van der Waals surface area contributed by atoms with E-state index in [2.05, 4.69) is 5.32 Å². The molecule has 0 aromatic carbocycles. The van der Waals surface area contributed by atoms with Crippen molar-refractivity contribution in [1.82, 2.24) is 5.32 Å². The van der Waals surface area contributed by atoms with Crippen LogP contribution in [0.2, 0.25) is 0 Å². The van der Waals surface area contributed by atoms with E-state index in [1.54, 1.807) is 0 Å². The van der Waals surface area contributed by atoms with Gasteiger partial charge in [0.2, 0.25) is 5.91 Å². The van der Waals surface area contributed by atoms with Gasteiger partial charge >= 0.3 is 0 Å². The van der Waals surface area contributed by atoms with E-state index in [9.17, 15) is 13.2 Å². The summed E-state index contributed by atoms with van der Waals surface area (Å²) < 4.78 is 22.8. The van der Waals surface area contributed by atoms with Crippen LogP contribution in [0, 0.1) is 5.92 Å². The number of amides is 1. The number of rotatable bonds is 4. The fourth-order valence-electron chi connectivity index (χ4n) is 2.06. The van der Waals surface area contributed by atoms with E-state index in [1.807, 2.05) is 13.8 Å². The molecule has 0 radical (unpaired) electrons. The van der Waals surface area contributed by atoms with Crippen LogP contribution >= 0.6 is 0 Å². The molecule has 1 amide bonds. The molecule has 1 aliphatic rings. The lowest BCUT2D eigenvalue weighted by Crippen LogP contribution is -2.49. The Morgan fingerprint density at radius 1 is 1.47 bits per heavy atom. The van der Waals surface area contributed by atoms with Gasteiger partial charge in [-0.2, -0.15) is 0 Å². The second kappa shape index (κ2) is 5.82. The van der Waals surface area contributed by atoms with Gasteiger partial charge in [-0.05, 0) is 25.2 Å². The highest BCUT2D eigenvalue weighted by atomic mass is 32.2. The Hall–Kier alpha value is -0.620. The predicted octanol–water partition coefficient (Wildman–Crippen LogP) is 0.0532. The second-order valence-electron chi connectivity index (χ2n) is 5.20. The summed E-state index contributed by atoms with van der Waals surface area (Å²) in [5.74, 6) is 0.400. The van der Waals surface area contributed by atoms with E-state index >= 15 is 0 Å². The van der Waals surface area contributed by atoms with Crippen LogP contribution in [0.3, 0.4) is 0 Å². The van der Waals surface area contributed by atoms with Gasteiger partial charge in [0.05, 0.1) is 17.5 Å². The van der Waals surface area contributed by atoms with E-state index in [1.165, 1.54) is 0 Å². The molecule has 5 nitrogen and oxygen atoms in total. The Kier molecular flexibility index (Phi) is 4.94. The van der Waals surface area contributed by atoms with Gasteiger partial charge in [-0.25, -0.2) is 8.42 Å². The van der Waals surface area contributed by atoms with Gasteiger partial charge in [0.15, 0.2) is 9.84 Å². The first-order chi connectivity index (χ1) is 7.80. The average Bonchev–Trinajstić information content (AvgIpc) is 2.14. The molecule has 0 aliphatic carbocycles. The molecule has 1 rings (SSSR count). The number of nitrogens with one attached hydrogen (secondary N) is 1. The van der Waals surface area contributed by atoms with Crippen molar-refractivity contribution in [2.45, 2.75) is 45.2 Å². The highest BCUT2D eigenvalue weighted by Crippen LogP contribution is 2.12. The van der Waals surface area contributed by atoms with E-state index in [4.69, 9.17) is 5.73 Å². The van der Waals surface area contributed by atoms with E-state index in [0.717, 1.165) is 6.42 Å². The molecule has 1 unspecified atom stereocenters. The van der Waals surface area contributed by atoms with Crippen molar-refractivity contribution in [1.29, 1.82) is 0 Å². The molecule has 1 fully saturated rings. The van der Waals surface area contributed by atoms with Crippen molar-refractivity contribution in [3.63, 3.8) is 0 Å². The molecule has 0 bridgehead atoms. The number of carbonyl (C=O) groups excluding carboxylic acids is 1. The van der Waals surface area contributed by atoms with Crippen molar-refractivity contribution < 1.29 is 13.2 Å². The first-order valence-electron chi connectivity index (χ1n) is 6.06. The number of carbonyl (C=O) groups is 1. The maximum atomic E-state index is 11.7. The van der Waals surface area contributed by atoms with Crippen LogP contribution in [-0.4, -0.2) is 37.9 Å². The Balaban J connectivity index is 2.46. The maximum absolute atomic E-state index is 11.7. The summed E-state index contributed by atoms with van der Waals surface area (Å²) in [6, 6.07) is -0.806. The van der Waals surface area contributed by atoms with Crippen LogP contribution in [-0.2, 0) is 14.6 Å². The van der Waals surface area contributed by atoms with Gasteiger partial charge in [0, 0.05) is 6.04 Å². The molecule has 2 atom stereocenters. The zero-order chi connectivity index (χ0) is 13.1. The van der Waals surface area contributed by atoms with Crippen molar-refractivity contribution in [3.8, 4) is 0 Å². The Labute approximate surface area is 103 Å². The van der Waals surface area contributed by atoms with E-state index in [-0.39, 0.29) is 23.5 Å². The van der Waals surface area contributed by atoms with Gasteiger partial charge in [-0.15, -0.1) is 0 Å². The standard InChI is InChI=1S/C11H22N2O3S/c1-8(2)6-10(12)11(14)13-9-4-3-5-17(15,16)7-9/h8-10H,3-7,12H2,1-2H3,(H,13,14)/t9?,10-/m1/s1. The molecular formula is C11H22N2O3S. The minimum Gasteiger partial charge on any atom is -0.351 e. The molecule has 6 heteroatoms. The monoisotopic (exact) mass is 262 g/mol. The van der Waals surface area contributed by atoms with Crippen LogP contribution in [0.4, 0.5) is 0 Å². The lowest BCUT2D eigenvalue weighted by molar-refractivity contribution is -0.123. The molecule has 3 N–H and O–H groups in total. The lowest BCUT2D eigenvalue weighted by atomic mass is 10.0. The van der Waals surface area contributed by atoms with Crippen molar-refractivity contribution in [3.05, 3.63) is 0 Å². The summed E-state index contributed by atoms with van der Waals surface area (Å²) in [4.78, 5) is 11.7. The average molecular weight is 262 g/mol. The molecule has 0 spiro atoms.